The molecule has 18 heavy (non-hydrogen) atoms. The van der Waals surface area contributed by atoms with Gasteiger partial charge in [0.15, 0.2) is 0 Å². The van der Waals surface area contributed by atoms with Gasteiger partial charge in [-0.15, -0.1) is 0 Å². The number of nitrogens with zero attached hydrogens (tertiary/aromatic N) is 1. The van der Waals surface area contributed by atoms with Crippen LogP contribution in [0.5, 0.6) is 5.75 Å². The minimum Gasteiger partial charge on any atom is -0.491 e. The Bertz CT molecular complexity index is 384. The minimum atomic E-state index is 0.230. The number of hydrogen-bond donors (Lipinski definition) is 1. The smallest absolute Gasteiger partial charge is 0.124 e. The van der Waals surface area contributed by atoms with E-state index in [1.54, 1.807) is 0 Å². The third kappa shape index (κ3) is 3.47. The molecule has 0 atom stereocenters. The van der Waals surface area contributed by atoms with Gasteiger partial charge in [-0.25, -0.2) is 0 Å². The van der Waals surface area contributed by atoms with Crippen molar-refractivity contribution in [1.82, 2.24) is 10.2 Å². The summed E-state index contributed by atoms with van der Waals surface area (Å²) in [6.45, 7) is 11.7. The van der Waals surface area contributed by atoms with Crippen LogP contribution in [0, 0.1) is 6.92 Å². The summed E-state index contributed by atoms with van der Waals surface area (Å²) in [5.41, 5.74) is 2.67. The fourth-order valence-corrected chi connectivity index (χ4v) is 2.34. The Morgan fingerprint density at radius 2 is 2.00 bits per heavy atom. The molecule has 1 N–H and O–H groups in total. The van der Waals surface area contributed by atoms with Gasteiger partial charge in [0.2, 0.25) is 0 Å². The third-order valence-electron chi connectivity index (χ3n) is 3.32. The molecule has 0 unspecified atom stereocenters. The van der Waals surface area contributed by atoms with E-state index in [0.717, 1.165) is 38.5 Å². The van der Waals surface area contributed by atoms with E-state index in [2.05, 4.69) is 49.2 Å². The van der Waals surface area contributed by atoms with E-state index in [9.17, 15) is 0 Å². The Morgan fingerprint density at radius 1 is 1.28 bits per heavy atom. The van der Waals surface area contributed by atoms with Gasteiger partial charge in [0, 0.05) is 38.3 Å². The topological polar surface area (TPSA) is 24.5 Å². The van der Waals surface area contributed by atoms with Gasteiger partial charge < -0.3 is 10.1 Å². The van der Waals surface area contributed by atoms with Crippen molar-refractivity contribution in [2.24, 2.45) is 0 Å². The van der Waals surface area contributed by atoms with Crippen molar-refractivity contribution >= 4 is 0 Å². The molecule has 1 heterocycles. The highest BCUT2D eigenvalue weighted by Crippen LogP contribution is 2.24. The van der Waals surface area contributed by atoms with Crippen molar-refractivity contribution in [3.8, 4) is 5.75 Å². The monoisotopic (exact) mass is 248 g/mol. The van der Waals surface area contributed by atoms with Crippen molar-refractivity contribution in [3.05, 3.63) is 29.3 Å². The number of ether oxygens (including phenoxy) is 1. The summed E-state index contributed by atoms with van der Waals surface area (Å²) < 4.78 is 5.93. The molecule has 0 aromatic heterocycles. The molecule has 3 nitrogen and oxygen atoms in total. The van der Waals surface area contributed by atoms with Crippen molar-refractivity contribution < 1.29 is 4.74 Å². The van der Waals surface area contributed by atoms with Crippen LogP contribution in [0.4, 0.5) is 0 Å². The predicted octanol–water partition coefficient (Wildman–Crippen LogP) is 2.19. The normalized spacial score (nSPS) is 17.1. The van der Waals surface area contributed by atoms with Gasteiger partial charge in [0.05, 0.1) is 6.10 Å². The van der Waals surface area contributed by atoms with Crippen molar-refractivity contribution in [2.75, 3.05) is 26.2 Å². The van der Waals surface area contributed by atoms with Crippen LogP contribution in [0.25, 0.3) is 0 Å². The number of piperazine rings is 1. The highest BCUT2D eigenvalue weighted by atomic mass is 16.5. The number of nitrogens with one attached hydrogen (secondary N) is 1. The maximum Gasteiger partial charge on any atom is 0.124 e. The lowest BCUT2D eigenvalue weighted by Gasteiger charge is -2.28. The lowest BCUT2D eigenvalue weighted by atomic mass is 10.1. The van der Waals surface area contributed by atoms with E-state index in [0.29, 0.717) is 0 Å². The highest BCUT2D eigenvalue weighted by molar-refractivity contribution is 5.39. The Morgan fingerprint density at radius 3 is 2.67 bits per heavy atom. The van der Waals surface area contributed by atoms with E-state index >= 15 is 0 Å². The second kappa shape index (κ2) is 6.21. The number of rotatable bonds is 4. The molecule has 1 saturated heterocycles. The van der Waals surface area contributed by atoms with Gasteiger partial charge in [0.25, 0.3) is 0 Å². The molecule has 1 fully saturated rings. The van der Waals surface area contributed by atoms with Crippen LogP contribution in [0.3, 0.4) is 0 Å². The Kier molecular flexibility index (Phi) is 4.61. The van der Waals surface area contributed by atoms with Crippen LogP contribution in [0.2, 0.25) is 0 Å². The lowest BCUT2D eigenvalue weighted by Crippen LogP contribution is -2.43. The van der Waals surface area contributed by atoms with Crippen LogP contribution in [0.15, 0.2) is 18.2 Å². The van der Waals surface area contributed by atoms with E-state index in [1.807, 2.05) is 0 Å². The second-order valence-electron chi connectivity index (χ2n) is 5.24. The van der Waals surface area contributed by atoms with Crippen LogP contribution < -0.4 is 10.1 Å². The fourth-order valence-electron chi connectivity index (χ4n) is 2.34. The molecule has 0 radical (unpaired) electrons. The zero-order valence-corrected chi connectivity index (χ0v) is 11.7. The fraction of sp³-hybridized carbons (Fsp3) is 0.600. The SMILES string of the molecule is Cc1cccc(OC(C)C)c1CN1CCNCC1. The predicted molar refractivity (Wildman–Crippen MR) is 75.1 cm³/mol. The Balaban J connectivity index is 2.13. The minimum absolute atomic E-state index is 0.230. The molecule has 0 saturated carbocycles. The quantitative estimate of drug-likeness (QED) is 0.884. The summed E-state index contributed by atoms with van der Waals surface area (Å²) in [6.07, 6.45) is 0.230. The van der Waals surface area contributed by atoms with Gasteiger partial charge in [-0.05, 0) is 32.4 Å². The molecule has 1 aliphatic heterocycles. The first-order valence-electron chi connectivity index (χ1n) is 6.85. The zero-order valence-electron chi connectivity index (χ0n) is 11.7. The molecule has 0 amide bonds. The Labute approximate surface area is 110 Å². The average Bonchev–Trinajstić information content (AvgIpc) is 2.34. The van der Waals surface area contributed by atoms with Crippen molar-refractivity contribution in [3.63, 3.8) is 0 Å². The van der Waals surface area contributed by atoms with Gasteiger partial charge >= 0.3 is 0 Å². The molecule has 1 aromatic rings. The number of hydrogen-bond acceptors (Lipinski definition) is 3. The zero-order chi connectivity index (χ0) is 13.0. The standard InChI is InChI=1S/C15H24N2O/c1-12(2)18-15-6-4-5-13(3)14(15)11-17-9-7-16-8-10-17/h4-6,12,16H,7-11H2,1-3H3. The molecule has 0 bridgehead atoms. The largest absolute Gasteiger partial charge is 0.491 e. The molecule has 1 aromatic carbocycles. The number of benzene rings is 1. The molecular weight excluding hydrogens is 224 g/mol. The highest BCUT2D eigenvalue weighted by Gasteiger charge is 2.15. The van der Waals surface area contributed by atoms with E-state index in [-0.39, 0.29) is 6.10 Å². The molecule has 2 rings (SSSR count). The van der Waals surface area contributed by atoms with Crippen molar-refractivity contribution in [2.45, 2.75) is 33.4 Å². The van der Waals surface area contributed by atoms with Gasteiger partial charge in [0.1, 0.15) is 5.75 Å². The third-order valence-corrected chi connectivity index (χ3v) is 3.32. The molecule has 1 aliphatic rings. The molecule has 0 spiro atoms. The molecule has 100 valence electrons. The van der Waals surface area contributed by atoms with Crippen LogP contribution in [0.1, 0.15) is 25.0 Å². The first kappa shape index (κ1) is 13.4. The lowest BCUT2D eigenvalue weighted by molar-refractivity contribution is 0.214. The van der Waals surface area contributed by atoms with Crippen LogP contribution in [-0.2, 0) is 6.54 Å². The molecule has 3 heteroatoms. The first-order chi connectivity index (χ1) is 8.66. The van der Waals surface area contributed by atoms with Crippen molar-refractivity contribution in [1.29, 1.82) is 0 Å². The van der Waals surface area contributed by atoms with E-state index in [4.69, 9.17) is 4.74 Å². The van der Waals surface area contributed by atoms with E-state index in [1.165, 1.54) is 11.1 Å². The summed E-state index contributed by atoms with van der Waals surface area (Å²) in [4.78, 5) is 2.49. The average molecular weight is 248 g/mol. The summed E-state index contributed by atoms with van der Waals surface area (Å²) in [5, 5.41) is 3.39. The molecular formula is C15H24N2O. The van der Waals surface area contributed by atoms with Gasteiger partial charge in [-0.3, -0.25) is 4.90 Å². The van der Waals surface area contributed by atoms with E-state index < -0.39 is 0 Å². The summed E-state index contributed by atoms with van der Waals surface area (Å²) in [7, 11) is 0. The van der Waals surface area contributed by atoms with Crippen LogP contribution in [-0.4, -0.2) is 37.2 Å². The maximum absolute atomic E-state index is 5.93. The van der Waals surface area contributed by atoms with Crippen LogP contribution >= 0.6 is 0 Å². The summed E-state index contributed by atoms with van der Waals surface area (Å²) >= 11 is 0. The Hall–Kier alpha value is -1.06. The molecule has 0 aliphatic carbocycles. The summed E-state index contributed by atoms with van der Waals surface area (Å²) in [5.74, 6) is 1.04. The second-order valence-corrected chi connectivity index (χ2v) is 5.24. The summed E-state index contributed by atoms with van der Waals surface area (Å²) in [6, 6.07) is 6.34. The van der Waals surface area contributed by atoms with Gasteiger partial charge in [-0.1, -0.05) is 12.1 Å². The maximum atomic E-state index is 5.93. The number of aryl methyl sites for hydroxylation is 1. The van der Waals surface area contributed by atoms with Gasteiger partial charge in [-0.2, -0.15) is 0 Å². The first-order valence-corrected chi connectivity index (χ1v) is 6.85.